The molecule has 2 aromatic carbocycles. The van der Waals surface area contributed by atoms with Crippen LogP contribution in [0.2, 0.25) is 0 Å². The average molecular weight is 364 g/mol. The smallest absolute Gasteiger partial charge is 0.248 e. The third-order valence-electron chi connectivity index (χ3n) is 4.53. The largest absolute Gasteiger partial charge is 0.497 e. The Hall–Kier alpha value is -3.08. The second-order valence-electron chi connectivity index (χ2n) is 6.57. The second-order valence-corrected chi connectivity index (χ2v) is 6.57. The van der Waals surface area contributed by atoms with E-state index in [0.717, 1.165) is 40.6 Å². The Bertz CT molecular complexity index is 991. The van der Waals surface area contributed by atoms with Gasteiger partial charge in [0.25, 0.3) is 0 Å². The van der Waals surface area contributed by atoms with E-state index >= 15 is 0 Å². The van der Waals surface area contributed by atoms with Crippen molar-refractivity contribution in [2.75, 3.05) is 12.4 Å². The van der Waals surface area contributed by atoms with Gasteiger partial charge in [0.15, 0.2) is 0 Å². The third kappa shape index (κ3) is 4.76. The lowest BCUT2D eigenvalue weighted by Crippen LogP contribution is -2.13. The quantitative estimate of drug-likeness (QED) is 0.664. The van der Waals surface area contributed by atoms with Crippen LogP contribution in [0.3, 0.4) is 0 Å². The summed E-state index contributed by atoms with van der Waals surface area (Å²) in [5.41, 5.74) is 3.44. The van der Waals surface area contributed by atoms with Crippen molar-refractivity contribution in [3.05, 3.63) is 70.0 Å². The number of methoxy groups -OCH3 is 1. The molecular weight excluding hydrogens is 340 g/mol. The number of amides is 1. The number of benzene rings is 2. The fraction of sp³-hybridized carbons (Fsp3) is 0.273. The summed E-state index contributed by atoms with van der Waals surface area (Å²) in [6.45, 7) is 2.09. The Labute approximate surface area is 158 Å². The summed E-state index contributed by atoms with van der Waals surface area (Å²) >= 11 is 0. The van der Waals surface area contributed by atoms with Gasteiger partial charge in [-0.15, -0.1) is 0 Å². The maximum absolute atomic E-state index is 12.3. The van der Waals surface area contributed by atoms with E-state index in [-0.39, 0.29) is 11.5 Å². The van der Waals surface area contributed by atoms with Crippen LogP contribution >= 0.6 is 0 Å². The first-order valence-electron chi connectivity index (χ1n) is 9.18. The minimum atomic E-state index is -0.117. The molecule has 1 amide bonds. The van der Waals surface area contributed by atoms with E-state index in [4.69, 9.17) is 4.74 Å². The molecule has 5 heteroatoms. The molecule has 0 unspecified atom stereocenters. The van der Waals surface area contributed by atoms with E-state index in [1.165, 1.54) is 0 Å². The van der Waals surface area contributed by atoms with Crippen molar-refractivity contribution < 1.29 is 9.53 Å². The molecule has 0 spiro atoms. The standard InChI is InChI=1S/C22H24N2O3/c1-3-4-16-13-22(26)24-20-14-17(8-11-19(16)20)23-21(25)12-7-15-5-9-18(27-2)10-6-15/h5-6,8-11,13-14H,3-4,7,12H2,1-2H3,(H,23,25)(H,24,26). The summed E-state index contributed by atoms with van der Waals surface area (Å²) in [5, 5.41) is 3.93. The Kier molecular flexibility index (Phi) is 5.91. The van der Waals surface area contributed by atoms with Gasteiger partial charge in [-0.2, -0.15) is 0 Å². The van der Waals surface area contributed by atoms with Crippen LogP contribution in [0.1, 0.15) is 30.9 Å². The molecule has 140 valence electrons. The molecule has 1 heterocycles. The van der Waals surface area contributed by atoms with E-state index in [2.05, 4.69) is 17.2 Å². The van der Waals surface area contributed by atoms with Crippen LogP contribution in [0.15, 0.2) is 53.3 Å². The number of carbonyl (C=O) groups is 1. The summed E-state index contributed by atoms with van der Waals surface area (Å²) in [6.07, 6.45) is 2.87. The van der Waals surface area contributed by atoms with Crippen molar-refractivity contribution in [2.45, 2.75) is 32.6 Å². The number of hydrogen-bond donors (Lipinski definition) is 2. The van der Waals surface area contributed by atoms with E-state index in [0.29, 0.717) is 18.5 Å². The van der Waals surface area contributed by atoms with Crippen molar-refractivity contribution in [1.82, 2.24) is 4.98 Å². The molecule has 0 aliphatic rings. The maximum Gasteiger partial charge on any atom is 0.248 e. The molecule has 1 aromatic heterocycles. The van der Waals surface area contributed by atoms with E-state index in [9.17, 15) is 9.59 Å². The molecule has 0 aliphatic carbocycles. The highest BCUT2D eigenvalue weighted by atomic mass is 16.5. The average Bonchev–Trinajstić information content (AvgIpc) is 2.66. The summed E-state index contributed by atoms with van der Waals surface area (Å²) in [4.78, 5) is 27.0. The zero-order valence-corrected chi connectivity index (χ0v) is 15.7. The van der Waals surface area contributed by atoms with E-state index in [1.807, 2.05) is 42.5 Å². The molecule has 0 radical (unpaired) electrons. The highest BCUT2D eigenvalue weighted by Gasteiger charge is 2.07. The molecule has 0 bridgehead atoms. The van der Waals surface area contributed by atoms with Crippen LogP contribution in [0.4, 0.5) is 5.69 Å². The Morgan fingerprint density at radius 2 is 1.85 bits per heavy atom. The number of fused-ring (bicyclic) bond motifs is 1. The molecule has 0 fully saturated rings. The maximum atomic E-state index is 12.3. The number of pyridine rings is 1. The first-order valence-corrected chi connectivity index (χ1v) is 9.18. The molecule has 2 N–H and O–H groups in total. The molecule has 0 atom stereocenters. The Balaban J connectivity index is 1.68. The molecular formula is C22H24N2O3. The van der Waals surface area contributed by atoms with Crippen molar-refractivity contribution in [3.63, 3.8) is 0 Å². The summed E-state index contributed by atoms with van der Waals surface area (Å²) in [7, 11) is 1.63. The fourth-order valence-corrected chi connectivity index (χ4v) is 3.16. The van der Waals surface area contributed by atoms with Gasteiger partial charge in [0.2, 0.25) is 11.5 Å². The van der Waals surface area contributed by atoms with Crippen LogP contribution < -0.4 is 15.6 Å². The van der Waals surface area contributed by atoms with Gasteiger partial charge in [-0.25, -0.2) is 0 Å². The van der Waals surface area contributed by atoms with Crippen LogP contribution in [0, 0.1) is 0 Å². The molecule has 3 aromatic rings. The number of carbonyl (C=O) groups excluding carboxylic acids is 1. The lowest BCUT2D eigenvalue weighted by molar-refractivity contribution is -0.116. The third-order valence-corrected chi connectivity index (χ3v) is 4.53. The molecule has 0 saturated carbocycles. The van der Waals surface area contributed by atoms with Gasteiger partial charge in [0.1, 0.15) is 5.75 Å². The van der Waals surface area contributed by atoms with Crippen molar-refractivity contribution >= 4 is 22.5 Å². The lowest BCUT2D eigenvalue weighted by atomic mass is 10.0. The van der Waals surface area contributed by atoms with Gasteiger partial charge in [0, 0.05) is 23.6 Å². The number of rotatable bonds is 7. The predicted octanol–water partition coefficient (Wildman–Crippen LogP) is 4.06. The summed E-state index contributed by atoms with van der Waals surface area (Å²) in [6, 6.07) is 15.0. The summed E-state index contributed by atoms with van der Waals surface area (Å²) < 4.78 is 5.14. The Morgan fingerprint density at radius 3 is 2.56 bits per heavy atom. The normalized spacial score (nSPS) is 10.7. The van der Waals surface area contributed by atoms with Crippen molar-refractivity contribution in [2.24, 2.45) is 0 Å². The number of ether oxygens (including phenoxy) is 1. The highest BCUT2D eigenvalue weighted by molar-refractivity contribution is 5.94. The fourth-order valence-electron chi connectivity index (χ4n) is 3.16. The Morgan fingerprint density at radius 1 is 1.07 bits per heavy atom. The van der Waals surface area contributed by atoms with Gasteiger partial charge in [-0.1, -0.05) is 31.5 Å². The van der Waals surface area contributed by atoms with Gasteiger partial charge >= 0.3 is 0 Å². The number of aromatic nitrogens is 1. The van der Waals surface area contributed by atoms with Gasteiger partial charge in [0.05, 0.1) is 12.6 Å². The van der Waals surface area contributed by atoms with Crippen molar-refractivity contribution in [1.29, 1.82) is 0 Å². The van der Waals surface area contributed by atoms with Crippen molar-refractivity contribution in [3.8, 4) is 5.75 Å². The number of H-pyrrole nitrogens is 1. The van der Waals surface area contributed by atoms with Crippen LogP contribution in [0.5, 0.6) is 5.75 Å². The SMILES string of the molecule is CCCc1cc(=O)[nH]c2cc(NC(=O)CCc3ccc(OC)cc3)ccc12. The molecule has 0 aliphatic heterocycles. The van der Waals surface area contributed by atoms with Crippen LogP contribution in [0.25, 0.3) is 10.9 Å². The number of anilines is 1. The topological polar surface area (TPSA) is 71.2 Å². The number of aryl methyl sites for hydroxylation is 2. The van der Waals surface area contributed by atoms with Crippen LogP contribution in [-0.4, -0.2) is 18.0 Å². The van der Waals surface area contributed by atoms with Crippen LogP contribution in [-0.2, 0) is 17.6 Å². The number of nitrogens with one attached hydrogen (secondary N) is 2. The zero-order chi connectivity index (χ0) is 19.2. The lowest BCUT2D eigenvalue weighted by Gasteiger charge is -2.09. The van der Waals surface area contributed by atoms with E-state index in [1.54, 1.807) is 13.2 Å². The first-order chi connectivity index (χ1) is 13.1. The second kappa shape index (κ2) is 8.54. The highest BCUT2D eigenvalue weighted by Crippen LogP contribution is 2.21. The number of aromatic amines is 1. The summed E-state index contributed by atoms with van der Waals surface area (Å²) in [5.74, 6) is 0.744. The zero-order valence-electron chi connectivity index (χ0n) is 15.7. The van der Waals surface area contributed by atoms with E-state index < -0.39 is 0 Å². The molecule has 0 saturated heterocycles. The monoisotopic (exact) mass is 364 g/mol. The predicted molar refractivity (Wildman–Crippen MR) is 109 cm³/mol. The molecule has 27 heavy (non-hydrogen) atoms. The minimum Gasteiger partial charge on any atom is -0.497 e. The van der Waals surface area contributed by atoms with Gasteiger partial charge in [-0.3, -0.25) is 9.59 Å². The molecule has 5 nitrogen and oxygen atoms in total. The first kappa shape index (κ1) is 18.7. The van der Waals surface area contributed by atoms with Gasteiger partial charge < -0.3 is 15.0 Å². The minimum absolute atomic E-state index is 0.0581. The number of hydrogen-bond acceptors (Lipinski definition) is 3. The molecule has 3 rings (SSSR count). The van der Waals surface area contributed by atoms with Gasteiger partial charge in [-0.05, 0) is 48.2 Å².